The molecule has 2 unspecified atom stereocenters. The zero-order valence-corrected chi connectivity index (χ0v) is 15.6. The Hall–Kier alpha value is -2.62. The van der Waals surface area contributed by atoms with Gasteiger partial charge in [0.25, 0.3) is 0 Å². The highest BCUT2D eigenvalue weighted by Crippen LogP contribution is 2.51. The van der Waals surface area contributed by atoms with Gasteiger partial charge in [-0.15, -0.1) is 0 Å². The molecule has 0 amide bonds. The number of aliphatic hydroxyl groups is 1. The van der Waals surface area contributed by atoms with Crippen LogP contribution in [0.1, 0.15) is 49.7 Å². The minimum atomic E-state index is -0.980. The second-order valence-corrected chi connectivity index (χ2v) is 7.66. The Morgan fingerprint density at radius 2 is 2.00 bits per heavy atom. The van der Waals surface area contributed by atoms with E-state index in [0.717, 1.165) is 30.4 Å². The van der Waals surface area contributed by atoms with E-state index in [-0.39, 0.29) is 17.6 Å². The van der Waals surface area contributed by atoms with Crippen molar-refractivity contribution in [1.29, 1.82) is 0 Å². The number of hydrogen-bond acceptors (Lipinski definition) is 4. The summed E-state index contributed by atoms with van der Waals surface area (Å²) in [6, 6.07) is 13.8. The van der Waals surface area contributed by atoms with Crippen molar-refractivity contribution >= 4 is 5.97 Å². The van der Waals surface area contributed by atoms with Crippen molar-refractivity contribution in [2.24, 2.45) is 5.92 Å². The Bertz CT molecular complexity index is 842. The minimum absolute atomic E-state index is 0.0914. The van der Waals surface area contributed by atoms with Crippen LogP contribution in [0.4, 0.5) is 0 Å². The van der Waals surface area contributed by atoms with Gasteiger partial charge >= 0.3 is 5.97 Å². The molecule has 2 atom stereocenters. The number of rotatable bonds is 7. The summed E-state index contributed by atoms with van der Waals surface area (Å²) in [7, 11) is 0. The molecule has 0 bridgehead atoms. The highest BCUT2D eigenvalue weighted by molar-refractivity contribution is 5.94. The third kappa shape index (κ3) is 3.36. The third-order valence-electron chi connectivity index (χ3n) is 5.62. The van der Waals surface area contributed by atoms with Gasteiger partial charge in [0, 0.05) is 24.7 Å². The Balaban J connectivity index is 1.76. The molecule has 0 spiro atoms. The number of cyclic esters (lactones) is 1. The van der Waals surface area contributed by atoms with Gasteiger partial charge in [0.1, 0.15) is 5.76 Å². The number of esters is 1. The summed E-state index contributed by atoms with van der Waals surface area (Å²) in [6.07, 6.45) is 7.49. The molecule has 4 nitrogen and oxygen atoms in total. The van der Waals surface area contributed by atoms with Gasteiger partial charge < -0.3 is 9.84 Å². The first-order valence-corrected chi connectivity index (χ1v) is 9.75. The first-order valence-electron chi connectivity index (χ1n) is 9.75. The fourth-order valence-corrected chi connectivity index (χ4v) is 4.28. The van der Waals surface area contributed by atoms with Gasteiger partial charge in [0.2, 0.25) is 0 Å². The van der Waals surface area contributed by atoms with E-state index in [1.165, 1.54) is 0 Å². The van der Waals surface area contributed by atoms with E-state index in [1.807, 2.05) is 49.4 Å². The number of carbonyl (C=O) groups excluding carboxylic acids is 1. The van der Waals surface area contributed by atoms with Crippen LogP contribution in [0.15, 0.2) is 66.2 Å². The highest BCUT2D eigenvalue weighted by atomic mass is 16.6. The molecule has 27 heavy (non-hydrogen) atoms. The Morgan fingerprint density at radius 1 is 1.22 bits per heavy atom. The summed E-state index contributed by atoms with van der Waals surface area (Å²) in [5.41, 5.74) is 1.51. The first-order chi connectivity index (χ1) is 13.1. The predicted octanol–water partition coefficient (Wildman–Crippen LogP) is 4.73. The molecule has 140 valence electrons. The van der Waals surface area contributed by atoms with Gasteiger partial charge in [0.05, 0.1) is 5.57 Å². The normalized spacial score (nSPS) is 23.4. The van der Waals surface area contributed by atoms with E-state index in [1.54, 1.807) is 12.4 Å². The number of ether oxygens (including phenoxy) is 1. The molecular formula is C23H25NO3. The fourth-order valence-electron chi connectivity index (χ4n) is 4.28. The number of benzene rings is 1. The van der Waals surface area contributed by atoms with E-state index in [9.17, 15) is 9.90 Å². The van der Waals surface area contributed by atoms with Crippen molar-refractivity contribution < 1.29 is 14.6 Å². The largest absolute Gasteiger partial charge is 0.507 e. The van der Waals surface area contributed by atoms with Gasteiger partial charge in [-0.2, -0.15) is 0 Å². The van der Waals surface area contributed by atoms with Crippen molar-refractivity contribution in [2.75, 3.05) is 0 Å². The first kappa shape index (κ1) is 17.8. The molecule has 0 saturated heterocycles. The monoisotopic (exact) mass is 363 g/mol. The SMILES string of the molecule is CCCC1(Cc2cccnc2)OC(=O)C(C(c2ccccc2)C2CC2)=C1O. The number of nitrogens with zero attached hydrogens (tertiary/aromatic N) is 1. The maximum absolute atomic E-state index is 13.0. The summed E-state index contributed by atoms with van der Waals surface area (Å²) in [5, 5.41) is 11.3. The number of aliphatic hydroxyl groups excluding tert-OH is 1. The molecule has 1 N–H and O–H groups in total. The van der Waals surface area contributed by atoms with Crippen molar-refractivity contribution in [3.63, 3.8) is 0 Å². The van der Waals surface area contributed by atoms with E-state index in [4.69, 9.17) is 4.74 Å². The molecule has 2 aromatic rings. The van der Waals surface area contributed by atoms with Gasteiger partial charge in [-0.25, -0.2) is 4.79 Å². The molecule has 1 aliphatic carbocycles. The van der Waals surface area contributed by atoms with Crippen LogP contribution in [-0.4, -0.2) is 21.7 Å². The summed E-state index contributed by atoms with van der Waals surface area (Å²) in [5.74, 6) is 0.0591. The summed E-state index contributed by atoms with van der Waals surface area (Å²) in [6.45, 7) is 2.04. The molecular weight excluding hydrogens is 338 g/mol. The van der Waals surface area contributed by atoms with Gasteiger partial charge in [-0.05, 0) is 42.4 Å². The molecule has 4 rings (SSSR count). The fraction of sp³-hybridized carbons (Fsp3) is 0.391. The molecule has 4 heteroatoms. The van der Waals surface area contributed by atoms with Crippen LogP contribution in [0.5, 0.6) is 0 Å². The third-order valence-corrected chi connectivity index (χ3v) is 5.62. The maximum Gasteiger partial charge on any atom is 0.339 e. The molecule has 2 aliphatic rings. The van der Waals surface area contributed by atoms with Crippen LogP contribution in [0.25, 0.3) is 0 Å². The lowest BCUT2D eigenvalue weighted by Crippen LogP contribution is -2.35. The van der Waals surface area contributed by atoms with Crippen LogP contribution in [0.2, 0.25) is 0 Å². The summed E-state index contributed by atoms with van der Waals surface area (Å²) in [4.78, 5) is 17.1. The topological polar surface area (TPSA) is 59.4 Å². The van der Waals surface area contributed by atoms with Crippen LogP contribution in [-0.2, 0) is 16.0 Å². The van der Waals surface area contributed by atoms with Crippen molar-refractivity contribution in [2.45, 2.75) is 50.5 Å². The number of aromatic nitrogens is 1. The van der Waals surface area contributed by atoms with Gasteiger partial charge in [-0.3, -0.25) is 4.98 Å². The molecule has 1 fully saturated rings. The molecule has 1 aromatic carbocycles. The lowest BCUT2D eigenvalue weighted by Gasteiger charge is -2.28. The van der Waals surface area contributed by atoms with E-state index in [2.05, 4.69) is 4.98 Å². The standard InChI is InChI=1S/C23H25NO3/c1-2-12-23(14-16-7-6-13-24-15-16)21(25)20(22(26)27-23)19(18-10-11-18)17-8-4-3-5-9-17/h3-9,13,15,18-19,25H,2,10-12,14H2,1H3. The number of carbonyl (C=O) groups is 1. The quantitative estimate of drug-likeness (QED) is 0.723. The Kier molecular flexibility index (Phi) is 4.73. The van der Waals surface area contributed by atoms with Crippen molar-refractivity contribution in [3.8, 4) is 0 Å². The molecule has 1 aliphatic heterocycles. The number of pyridine rings is 1. The molecule has 0 radical (unpaired) electrons. The second kappa shape index (κ2) is 7.18. The van der Waals surface area contributed by atoms with Gasteiger partial charge in [0.15, 0.2) is 5.60 Å². The maximum atomic E-state index is 13.0. The minimum Gasteiger partial charge on any atom is -0.507 e. The second-order valence-electron chi connectivity index (χ2n) is 7.66. The highest BCUT2D eigenvalue weighted by Gasteiger charge is 2.52. The average molecular weight is 363 g/mol. The smallest absolute Gasteiger partial charge is 0.339 e. The van der Waals surface area contributed by atoms with Crippen molar-refractivity contribution in [3.05, 3.63) is 77.3 Å². The van der Waals surface area contributed by atoms with Crippen LogP contribution in [0.3, 0.4) is 0 Å². The summed E-state index contributed by atoms with van der Waals surface area (Å²) < 4.78 is 5.91. The Morgan fingerprint density at radius 3 is 2.63 bits per heavy atom. The van der Waals surface area contributed by atoms with Gasteiger partial charge in [-0.1, -0.05) is 49.7 Å². The predicted molar refractivity (Wildman–Crippen MR) is 103 cm³/mol. The molecule has 1 saturated carbocycles. The van der Waals surface area contributed by atoms with Crippen LogP contribution >= 0.6 is 0 Å². The van der Waals surface area contributed by atoms with E-state index < -0.39 is 5.60 Å². The van der Waals surface area contributed by atoms with E-state index in [0.29, 0.717) is 24.3 Å². The van der Waals surface area contributed by atoms with E-state index >= 15 is 0 Å². The number of hydrogen-bond donors (Lipinski definition) is 1. The lowest BCUT2D eigenvalue weighted by molar-refractivity contribution is -0.149. The van der Waals surface area contributed by atoms with Crippen LogP contribution < -0.4 is 0 Å². The van der Waals surface area contributed by atoms with Crippen molar-refractivity contribution in [1.82, 2.24) is 4.98 Å². The Labute approximate surface area is 159 Å². The molecule has 1 aromatic heterocycles. The lowest BCUT2D eigenvalue weighted by atomic mass is 9.82. The average Bonchev–Trinajstić information content (AvgIpc) is 3.48. The van der Waals surface area contributed by atoms with Crippen LogP contribution in [0, 0.1) is 5.92 Å². The zero-order valence-electron chi connectivity index (χ0n) is 15.6. The zero-order chi connectivity index (χ0) is 18.9. The molecule has 2 heterocycles. The summed E-state index contributed by atoms with van der Waals surface area (Å²) >= 11 is 0.